The van der Waals surface area contributed by atoms with Gasteiger partial charge in [0.05, 0.1) is 0 Å². The van der Waals surface area contributed by atoms with Gasteiger partial charge >= 0.3 is 11.6 Å². The second kappa shape index (κ2) is 7.62. The number of ether oxygens (including phenoxy) is 2. The lowest BCUT2D eigenvalue weighted by Crippen LogP contribution is -2.15. The maximum Gasteiger partial charge on any atom is 0.344 e. The predicted molar refractivity (Wildman–Crippen MR) is 98.7 cm³/mol. The molecule has 0 N–H and O–H groups in total. The third kappa shape index (κ3) is 4.06. The quantitative estimate of drug-likeness (QED) is 0.496. The summed E-state index contributed by atoms with van der Waals surface area (Å²) in [6.45, 7) is 3.55. The zero-order chi connectivity index (χ0) is 18.7. The highest BCUT2D eigenvalue weighted by atomic mass is 35.5. The van der Waals surface area contributed by atoms with Gasteiger partial charge in [0.15, 0.2) is 6.61 Å². The highest BCUT2D eigenvalue weighted by molar-refractivity contribution is 6.30. The van der Waals surface area contributed by atoms with Crippen molar-refractivity contribution in [3.63, 3.8) is 0 Å². The molecule has 0 aliphatic carbocycles. The highest BCUT2D eigenvalue weighted by Crippen LogP contribution is 2.23. The molecule has 0 atom stereocenters. The third-order valence-electron chi connectivity index (χ3n) is 4.08. The Morgan fingerprint density at radius 1 is 1.12 bits per heavy atom. The minimum Gasteiger partial charge on any atom is -0.482 e. The number of benzene rings is 2. The molecule has 3 rings (SSSR count). The molecule has 0 radical (unpaired) electrons. The van der Waals surface area contributed by atoms with Crippen molar-refractivity contribution in [3.05, 3.63) is 74.6 Å². The smallest absolute Gasteiger partial charge is 0.344 e. The second-order valence-corrected chi connectivity index (χ2v) is 6.31. The number of carbonyl (C=O) groups excluding carboxylic acids is 1. The molecule has 1 aromatic heterocycles. The standard InChI is InChI=1S/C20H17ClO5/c1-12-3-8-17-14(9-18(22)26-20(17)13(12)2)10-25-19(23)11-24-16-6-4-15(21)5-7-16/h3-9H,10-11H2,1-2H3. The molecule has 1 heterocycles. The molecule has 3 aromatic rings. The van der Waals surface area contributed by atoms with Crippen LogP contribution in [0.5, 0.6) is 5.75 Å². The van der Waals surface area contributed by atoms with Gasteiger partial charge in [-0.1, -0.05) is 23.7 Å². The Hall–Kier alpha value is -2.79. The van der Waals surface area contributed by atoms with Crippen LogP contribution >= 0.6 is 11.6 Å². The molecule has 5 nitrogen and oxygen atoms in total. The van der Waals surface area contributed by atoms with Crippen molar-refractivity contribution >= 4 is 28.5 Å². The van der Waals surface area contributed by atoms with E-state index in [0.717, 1.165) is 16.5 Å². The number of fused-ring (bicyclic) bond motifs is 1. The molecular weight excluding hydrogens is 356 g/mol. The summed E-state index contributed by atoms with van der Waals surface area (Å²) in [6.07, 6.45) is 0. The minimum atomic E-state index is -0.537. The fourth-order valence-corrected chi connectivity index (χ4v) is 2.64. The van der Waals surface area contributed by atoms with Crippen molar-refractivity contribution in [1.29, 1.82) is 0 Å². The van der Waals surface area contributed by atoms with Gasteiger partial charge in [-0.3, -0.25) is 0 Å². The first-order valence-corrected chi connectivity index (χ1v) is 8.39. The summed E-state index contributed by atoms with van der Waals surface area (Å²) in [7, 11) is 0. The lowest BCUT2D eigenvalue weighted by Gasteiger charge is -2.10. The molecule has 26 heavy (non-hydrogen) atoms. The van der Waals surface area contributed by atoms with E-state index in [4.69, 9.17) is 25.5 Å². The van der Waals surface area contributed by atoms with Crippen molar-refractivity contribution in [1.82, 2.24) is 0 Å². The average Bonchev–Trinajstić information content (AvgIpc) is 2.62. The van der Waals surface area contributed by atoms with Gasteiger partial charge in [0, 0.05) is 22.0 Å². The van der Waals surface area contributed by atoms with Crippen LogP contribution in [-0.4, -0.2) is 12.6 Å². The Morgan fingerprint density at radius 3 is 2.58 bits per heavy atom. The Labute approximate surface area is 155 Å². The number of aryl methyl sites for hydroxylation is 2. The Morgan fingerprint density at radius 2 is 1.85 bits per heavy atom. The number of halogens is 1. The van der Waals surface area contributed by atoms with Crippen LogP contribution in [0.15, 0.2) is 51.7 Å². The number of hydrogen-bond donors (Lipinski definition) is 0. The number of rotatable bonds is 5. The predicted octanol–water partition coefficient (Wildman–Crippen LogP) is 4.19. The summed E-state index contributed by atoms with van der Waals surface area (Å²) in [5.41, 5.74) is 2.54. The molecule has 0 aliphatic rings. The van der Waals surface area contributed by atoms with E-state index >= 15 is 0 Å². The van der Waals surface area contributed by atoms with Crippen LogP contribution in [0.3, 0.4) is 0 Å². The highest BCUT2D eigenvalue weighted by Gasteiger charge is 2.12. The number of hydrogen-bond acceptors (Lipinski definition) is 5. The van der Waals surface area contributed by atoms with Gasteiger partial charge in [-0.05, 0) is 49.2 Å². The molecule has 0 spiro atoms. The van der Waals surface area contributed by atoms with Gasteiger partial charge in [-0.15, -0.1) is 0 Å². The van der Waals surface area contributed by atoms with Gasteiger partial charge in [-0.25, -0.2) is 9.59 Å². The van der Waals surface area contributed by atoms with Crippen molar-refractivity contribution < 1.29 is 18.7 Å². The average molecular weight is 373 g/mol. The fourth-order valence-electron chi connectivity index (χ4n) is 2.52. The summed E-state index contributed by atoms with van der Waals surface area (Å²) in [5, 5.41) is 1.33. The lowest BCUT2D eigenvalue weighted by molar-refractivity contribution is -0.147. The molecule has 134 valence electrons. The second-order valence-electron chi connectivity index (χ2n) is 5.88. The van der Waals surface area contributed by atoms with Crippen LogP contribution in [0.2, 0.25) is 5.02 Å². The third-order valence-corrected chi connectivity index (χ3v) is 4.33. The molecule has 0 unspecified atom stereocenters. The molecule has 6 heteroatoms. The molecular formula is C20H17ClO5. The van der Waals surface area contributed by atoms with Crippen molar-refractivity contribution in [2.75, 3.05) is 6.61 Å². The first-order chi connectivity index (χ1) is 12.4. The molecule has 0 saturated carbocycles. The van der Waals surface area contributed by atoms with E-state index in [0.29, 0.717) is 21.9 Å². The van der Waals surface area contributed by atoms with Crippen molar-refractivity contribution in [2.45, 2.75) is 20.5 Å². The largest absolute Gasteiger partial charge is 0.482 e. The van der Waals surface area contributed by atoms with E-state index in [1.54, 1.807) is 24.3 Å². The van der Waals surface area contributed by atoms with E-state index in [-0.39, 0.29) is 13.2 Å². The zero-order valence-electron chi connectivity index (χ0n) is 14.4. The SMILES string of the molecule is Cc1ccc2c(COC(=O)COc3ccc(Cl)cc3)cc(=O)oc2c1C. The van der Waals surface area contributed by atoms with Gasteiger partial charge in [-0.2, -0.15) is 0 Å². The zero-order valence-corrected chi connectivity index (χ0v) is 15.1. The summed E-state index contributed by atoms with van der Waals surface area (Å²) in [5.74, 6) is -0.0200. The number of esters is 1. The van der Waals surface area contributed by atoms with Crippen LogP contribution in [0, 0.1) is 13.8 Å². The Balaban J connectivity index is 1.69. The molecule has 0 amide bonds. The van der Waals surface area contributed by atoms with E-state index < -0.39 is 11.6 Å². The Kier molecular flexibility index (Phi) is 5.28. The molecule has 0 aliphatic heterocycles. The first kappa shape index (κ1) is 18.0. The molecule has 0 fully saturated rings. The minimum absolute atomic E-state index is 0.0343. The summed E-state index contributed by atoms with van der Waals surface area (Å²) >= 11 is 5.79. The van der Waals surface area contributed by atoms with Crippen LogP contribution in [0.4, 0.5) is 0 Å². The van der Waals surface area contributed by atoms with Gasteiger partial charge in [0.1, 0.15) is 17.9 Å². The van der Waals surface area contributed by atoms with Crippen molar-refractivity contribution in [3.8, 4) is 5.75 Å². The summed E-state index contributed by atoms with van der Waals surface area (Å²) in [6, 6.07) is 11.8. The van der Waals surface area contributed by atoms with Gasteiger partial charge < -0.3 is 13.9 Å². The first-order valence-electron chi connectivity index (χ1n) is 8.01. The van der Waals surface area contributed by atoms with E-state index in [9.17, 15) is 9.59 Å². The molecule has 2 aromatic carbocycles. The Bertz CT molecular complexity index is 1010. The topological polar surface area (TPSA) is 65.7 Å². The van der Waals surface area contributed by atoms with Crippen LogP contribution < -0.4 is 10.4 Å². The van der Waals surface area contributed by atoms with Crippen LogP contribution in [0.1, 0.15) is 16.7 Å². The van der Waals surface area contributed by atoms with Gasteiger partial charge in [0.25, 0.3) is 0 Å². The maximum absolute atomic E-state index is 11.9. The van der Waals surface area contributed by atoms with E-state index in [2.05, 4.69) is 0 Å². The van der Waals surface area contributed by atoms with E-state index in [1.807, 2.05) is 26.0 Å². The normalized spacial score (nSPS) is 10.7. The van der Waals surface area contributed by atoms with Crippen LogP contribution in [0.25, 0.3) is 11.0 Å². The summed E-state index contributed by atoms with van der Waals surface area (Å²) < 4.78 is 15.9. The fraction of sp³-hybridized carbons (Fsp3) is 0.200. The van der Waals surface area contributed by atoms with Gasteiger partial charge in [0.2, 0.25) is 0 Å². The monoisotopic (exact) mass is 372 g/mol. The van der Waals surface area contributed by atoms with Crippen LogP contribution in [-0.2, 0) is 16.1 Å². The van der Waals surface area contributed by atoms with Crippen molar-refractivity contribution in [2.24, 2.45) is 0 Å². The lowest BCUT2D eigenvalue weighted by atomic mass is 10.0. The number of carbonyl (C=O) groups is 1. The summed E-state index contributed by atoms with van der Waals surface area (Å²) in [4.78, 5) is 23.7. The molecule has 0 bridgehead atoms. The van der Waals surface area contributed by atoms with E-state index in [1.165, 1.54) is 6.07 Å². The maximum atomic E-state index is 11.9. The molecule has 0 saturated heterocycles.